The normalized spacial score (nSPS) is 19.9. The summed E-state index contributed by atoms with van der Waals surface area (Å²) in [5.41, 5.74) is 0.326. The maximum absolute atomic E-state index is 15.8. The zero-order valence-corrected chi connectivity index (χ0v) is 20.4. The van der Waals surface area contributed by atoms with Gasteiger partial charge in [0.25, 0.3) is 5.92 Å². The summed E-state index contributed by atoms with van der Waals surface area (Å²) in [6.45, 7) is 2.48. The van der Waals surface area contributed by atoms with Crippen LogP contribution in [0.1, 0.15) is 44.0 Å². The Kier molecular flexibility index (Phi) is 5.05. The van der Waals surface area contributed by atoms with Crippen LogP contribution in [0.25, 0.3) is 22.3 Å². The number of halogens is 3. The van der Waals surface area contributed by atoms with E-state index < -0.39 is 17.1 Å². The van der Waals surface area contributed by atoms with Crippen molar-refractivity contribution in [2.75, 3.05) is 18.0 Å². The van der Waals surface area contributed by atoms with E-state index in [2.05, 4.69) is 31.3 Å². The quantitative estimate of drug-likeness (QED) is 0.410. The lowest BCUT2D eigenvalue weighted by Gasteiger charge is -2.44. The minimum atomic E-state index is -2.68. The number of rotatable bonds is 4. The Hall–Kier alpha value is -4.01. The molecule has 1 aliphatic heterocycles. The maximum atomic E-state index is 15.8. The number of anilines is 1. The van der Waals surface area contributed by atoms with Crippen molar-refractivity contribution >= 4 is 16.7 Å². The zero-order valence-electron chi connectivity index (χ0n) is 20.4. The predicted molar refractivity (Wildman–Crippen MR) is 129 cm³/mol. The Balaban J connectivity index is 1.33. The molecule has 0 atom stereocenters. The summed E-state index contributed by atoms with van der Waals surface area (Å²) < 4.78 is 46.1. The van der Waals surface area contributed by atoms with Crippen LogP contribution in [0.2, 0.25) is 0 Å². The van der Waals surface area contributed by atoms with Gasteiger partial charge < -0.3 is 9.47 Å². The number of pyridine rings is 2. The Morgan fingerprint density at radius 3 is 2.51 bits per heavy atom. The monoisotopic (exact) mass is 507 g/mol. The van der Waals surface area contributed by atoms with Gasteiger partial charge in [-0.25, -0.2) is 18.2 Å². The number of aryl methyl sites for hydroxylation is 1. The van der Waals surface area contributed by atoms with E-state index in [1.807, 2.05) is 11.0 Å². The van der Waals surface area contributed by atoms with E-state index in [1.165, 1.54) is 6.33 Å². The molecule has 2 fully saturated rings. The molecule has 5 heterocycles. The molecule has 0 aromatic carbocycles. The summed E-state index contributed by atoms with van der Waals surface area (Å²) in [5.74, 6) is -2.39. The van der Waals surface area contributed by atoms with Crippen molar-refractivity contribution < 1.29 is 13.2 Å². The van der Waals surface area contributed by atoms with Gasteiger partial charge in [0.05, 0.1) is 22.5 Å². The average Bonchev–Trinajstić information content (AvgIpc) is 3.49. The second-order valence-corrected chi connectivity index (χ2v) is 10.3. The second kappa shape index (κ2) is 7.99. The molecule has 0 N–H and O–H groups in total. The van der Waals surface area contributed by atoms with Crippen LogP contribution in [0.5, 0.6) is 0 Å². The molecule has 4 aromatic rings. The summed E-state index contributed by atoms with van der Waals surface area (Å²) in [6.07, 6.45) is 6.23. The maximum Gasteiger partial charge on any atom is 0.252 e. The average molecular weight is 508 g/mol. The second-order valence-electron chi connectivity index (χ2n) is 10.3. The molecular weight excluding hydrogens is 483 g/mol. The molecule has 1 aliphatic carbocycles. The van der Waals surface area contributed by atoms with E-state index in [4.69, 9.17) is 0 Å². The number of nitrogens with zero attached hydrogens (tertiary/aromatic N) is 9. The summed E-state index contributed by atoms with van der Waals surface area (Å²) in [7, 11) is 1.72. The fourth-order valence-electron chi connectivity index (χ4n) is 5.62. The Labute approximate surface area is 210 Å². The van der Waals surface area contributed by atoms with E-state index in [0.29, 0.717) is 52.5 Å². The van der Waals surface area contributed by atoms with Crippen molar-refractivity contribution in [3.63, 3.8) is 0 Å². The van der Waals surface area contributed by atoms with Crippen LogP contribution in [-0.4, -0.2) is 53.5 Å². The number of piperidine rings is 1. The number of fused-ring (bicyclic) bond motifs is 1. The van der Waals surface area contributed by atoms with Crippen molar-refractivity contribution in [2.24, 2.45) is 7.05 Å². The lowest BCUT2D eigenvalue weighted by atomic mass is 9.75. The van der Waals surface area contributed by atoms with E-state index in [0.717, 1.165) is 0 Å². The van der Waals surface area contributed by atoms with Crippen LogP contribution in [-0.2, 0) is 18.3 Å². The van der Waals surface area contributed by atoms with Gasteiger partial charge in [0, 0.05) is 75.4 Å². The molecule has 1 saturated heterocycles. The topological polar surface area (TPSA) is 101 Å². The summed E-state index contributed by atoms with van der Waals surface area (Å²) in [6, 6.07) is 5.72. The molecule has 0 amide bonds. The predicted octanol–water partition coefficient (Wildman–Crippen LogP) is 4.10. The largest absolute Gasteiger partial charge is 0.368 e. The highest BCUT2D eigenvalue weighted by Gasteiger charge is 2.55. The Morgan fingerprint density at radius 2 is 1.86 bits per heavy atom. The van der Waals surface area contributed by atoms with Gasteiger partial charge in [-0.3, -0.25) is 9.67 Å². The molecule has 0 spiro atoms. The summed E-state index contributed by atoms with van der Waals surface area (Å²) in [5, 5.41) is 22.8. The van der Waals surface area contributed by atoms with Gasteiger partial charge in [-0.05, 0) is 19.1 Å². The molecule has 190 valence electrons. The first kappa shape index (κ1) is 23.4. The molecular formula is C25H24F3N9. The lowest BCUT2D eigenvalue weighted by Crippen LogP contribution is -2.51. The van der Waals surface area contributed by atoms with Gasteiger partial charge >= 0.3 is 0 Å². The fraction of sp³-hybridized carbons (Fsp3) is 0.440. The van der Waals surface area contributed by atoms with Gasteiger partial charge in [-0.1, -0.05) is 0 Å². The molecule has 12 heteroatoms. The molecule has 9 nitrogen and oxygen atoms in total. The number of aromatic nitrogens is 7. The molecule has 4 aromatic heterocycles. The molecule has 0 radical (unpaired) electrons. The first-order chi connectivity index (χ1) is 17.6. The molecule has 0 unspecified atom stereocenters. The summed E-state index contributed by atoms with van der Waals surface area (Å²) >= 11 is 0. The van der Waals surface area contributed by atoms with Gasteiger partial charge in [-0.15, -0.1) is 10.2 Å². The van der Waals surface area contributed by atoms with Crippen LogP contribution < -0.4 is 4.90 Å². The van der Waals surface area contributed by atoms with E-state index in [9.17, 15) is 14.0 Å². The van der Waals surface area contributed by atoms with Gasteiger partial charge in [0.1, 0.15) is 12.4 Å². The SMILES string of the molecule is Cn1cnnc1C1(F)CCN(c2c(C#N)ccnc2-c2cnc3nn(C4(C)CC(F)(F)C4)cc3c2)CC1. The Bertz CT molecular complexity index is 1530. The van der Waals surface area contributed by atoms with Crippen molar-refractivity contribution in [3.05, 3.63) is 48.4 Å². The third-order valence-corrected chi connectivity index (χ3v) is 7.49. The number of hydrogen-bond donors (Lipinski definition) is 0. The first-order valence-electron chi connectivity index (χ1n) is 12.0. The minimum absolute atomic E-state index is 0.187. The molecule has 6 rings (SSSR count). The smallest absolute Gasteiger partial charge is 0.252 e. The fourth-order valence-corrected chi connectivity index (χ4v) is 5.62. The highest BCUT2D eigenvalue weighted by Crippen LogP contribution is 2.50. The third kappa shape index (κ3) is 3.80. The van der Waals surface area contributed by atoms with Crippen LogP contribution in [0.4, 0.5) is 18.9 Å². The van der Waals surface area contributed by atoms with E-state index >= 15 is 4.39 Å². The molecule has 37 heavy (non-hydrogen) atoms. The molecule has 2 aliphatic rings. The number of nitriles is 1. The van der Waals surface area contributed by atoms with Crippen molar-refractivity contribution in [3.8, 4) is 17.3 Å². The lowest BCUT2D eigenvalue weighted by molar-refractivity contribution is -0.148. The first-order valence-corrected chi connectivity index (χ1v) is 12.0. The van der Waals surface area contributed by atoms with Crippen molar-refractivity contribution in [1.29, 1.82) is 5.26 Å². The minimum Gasteiger partial charge on any atom is -0.368 e. The Morgan fingerprint density at radius 1 is 1.11 bits per heavy atom. The number of hydrogen-bond acceptors (Lipinski definition) is 7. The van der Waals surface area contributed by atoms with Crippen LogP contribution in [0.15, 0.2) is 37.1 Å². The van der Waals surface area contributed by atoms with E-state index in [-0.39, 0.29) is 25.7 Å². The standard InChI is InChI=1S/C25H24F3N9/c1-23(13-25(27,28)14-23)37-12-18-9-17(11-31-21(18)34-37)19-20(16(10-29)3-6-30-19)36-7-4-24(26,5-8-36)22-33-32-15-35(22)2/h3,6,9,11-12,15H,4-5,7-8,13-14H2,1-2H3. The molecule has 1 saturated carbocycles. The van der Waals surface area contributed by atoms with Gasteiger partial charge in [0.15, 0.2) is 17.1 Å². The third-order valence-electron chi connectivity index (χ3n) is 7.49. The van der Waals surface area contributed by atoms with Gasteiger partial charge in [0.2, 0.25) is 0 Å². The van der Waals surface area contributed by atoms with Crippen LogP contribution in [0.3, 0.4) is 0 Å². The molecule has 0 bridgehead atoms. The van der Waals surface area contributed by atoms with Crippen LogP contribution in [0, 0.1) is 11.3 Å². The van der Waals surface area contributed by atoms with Crippen molar-refractivity contribution in [1.82, 2.24) is 34.5 Å². The highest BCUT2D eigenvalue weighted by atomic mass is 19.3. The van der Waals surface area contributed by atoms with E-state index in [1.54, 1.807) is 47.9 Å². The van der Waals surface area contributed by atoms with Crippen LogP contribution >= 0.6 is 0 Å². The van der Waals surface area contributed by atoms with Crippen molar-refractivity contribution in [2.45, 2.75) is 49.7 Å². The van der Waals surface area contributed by atoms with Gasteiger partial charge in [-0.2, -0.15) is 10.4 Å². The number of alkyl halides is 3. The zero-order chi connectivity index (χ0) is 26.0. The highest BCUT2D eigenvalue weighted by molar-refractivity contribution is 5.85. The summed E-state index contributed by atoms with van der Waals surface area (Å²) in [4.78, 5) is 11.0.